The summed E-state index contributed by atoms with van der Waals surface area (Å²) in [6.07, 6.45) is 5.04. The van der Waals surface area contributed by atoms with E-state index in [2.05, 4.69) is 17.9 Å². The number of amidine groups is 1. The number of carbonyl (C=O) groups excluding carboxylic acids is 1. The molecule has 34 heavy (non-hydrogen) atoms. The van der Waals surface area contributed by atoms with Crippen LogP contribution in [0.25, 0.3) is 6.08 Å². The van der Waals surface area contributed by atoms with Gasteiger partial charge in [0.05, 0.1) is 23.5 Å². The number of hydrogen-bond acceptors (Lipinski definition) is 6. The molecule has 7 nitrogen and oxygen atoms in total. The van der Waals surface area contributed by atoms with Crippen LogP contribution < -0.4 is 9.47 Å². The molecule has 3 rings (SSSR count). The molecular formula is C24H25FN2O5S2. The van der Waals surface area contributed by atoms with Gasteiger partial charge in [-0.15, -0.1) is 11.0 Å². The Bertz CT molecular complexity index is 1220. The molecule has 0 radical (unpaired) electrons. The normalized spacial score (nSPS) is 16.3. The number of sulfonamides is 1. The molecule has 180 valence electrons. The average Bonchev–Trinajstić information content (AvgIpc) is 3.08. The average molecular weight is 505 g/mol. The second-order valence-electron chi connectivity index (χ2n) is 7.23. The molecule has 0 saturated carbocycles. The molecule has 0 unspecified atom stereocenters. The number of halogens is 1. The number of ether oxygens (including phenoxy) is 2. The molecule has 1 saturated heterocycles. The van der Waals surface area contributed by atoms with Crippen molar-refractivity contribution in [3.05, 3.63) is 71.4 Å². The lowest BCUT2D eigenvalue weighted by molar-refractivity contribution is -0.121. The van der Waals surface area contributed by atoms with Crippen molar-refractivity contribution >= 4 is 38.9 Å². The minimum absolute atomic E-state index is 0.00745. The van der Waals surface area contributed by atoms with Crippen LogP contribution in [0.2, 0.25) is 0 Å². The zero-order valence-corrected chi connectivity index (χ0v) is 20.5. The monoisotopic (exact) mass is 504 g/mol. The Morgan fingerprint density at radius 3 is 2.56 bits per heavy atom. The summed E-state index contributed by atoms with van der Waals surface area (Å²) in [5, 5.41) is -0.00745. The van der Waals surface area contributed by atoms with Gasteiger partial charge < -0.3 is 9.47 Å². The Kier molecular flexibility index (Phi) is 8.51. The SMILES string of the molecule is C=CCN1C(=O)C(=Cc2ccc(OCCCC)c(OC)c2)SC1=NS(=O)(=O)c1ccc(F)cc1. The third-order valence-electron chi connectivity index (χ3n) is 4.75. The van der Waals surface area contributed by atoms with Gasteiger partial charge in [0.25, 0.3) is 15.9 Å². The van der Waals surface area contributed by atoms with E-state index in [1.807, 2.05) is 0 Å². The van der Waals surface area contributed by atoms with Crippen LogP contribution in [-0.2, 0) is 14.8 Å². The lowest BCUT2D eigenvalue weighted by atomic mass is 10.2. The predicted octanol–water partition coefficient (Wildman–Crippen LogP) is 4.86. The number of unbranched alkanes of at least 4 members (excludes halogenated alkanes) is 1. The third kappa shape index (κ3) is 6.06. The molecule has 1 aliphatic rings. The number of benzene rings is 2. The highest BCUT2D eigenvalue weighted by Gasteiger charge is 2.34. The summed E-state index contributed by atoms with van der Waals surface area (Å²) in [6.45, 7) is 6.35. The van der Waals surface area contributed by atoms with Crippen LogP contribution in [0.3, 0.4) is 0 Å². The van der Waals surface area contributed by atoms with Crippen molar-refractivity contribution in [1.82, 2.24) is 4.90 Å². The van der Waals surface area contributed by atoms with Gasteiger partial charge in [-0.3, -0.25) is 9.69 Å². The maximum atomic E-state index is 13.2. The fraction of sp³-hybridized carbons (Fsp3) is 0.250. The standard InChI is InChI=1S/C24H25FN2O5S2/c1-4-6-14-32-20-12-7-17(15-21(20)31-3)16-22-23(28)27(13-5-2)24(33-22)26-34(29,30)19-10-8-18(25)9-11-19/h5,7-12,15-16H,2,4,6,13-14H2,1,3H3. The molecule has 1 heterocycles. The van der Waals surface area contributed by atoms with E-state index in [4.69, 9.17) is 9.47 Å². The van der Waals surface area contributed by atoms with Crippen molar-refractivity contribution in [2.45, 2.75) is 24.7 Å². The van der Waals surface area contributed by atoms with Crippen LogP contribution in [-0.4, -0.2) is 44.7 Å². The summed E-state index contributed by atoms with van der Waals surface area (Å²) in [5.74, 6) is 0.161. The maximum absolute atomic E-state index is 13.2. The molecule has 0 spiro atoms. The van der Waals surface area contributed by atoms with E-state index in [9.17, 15) is 17.6 Å². The van der Waals surface area contributed by atoms with Gasteiger partial charge in [-0.25, -0.2) is 4.39 Å². The molecule has 10 heteroatoms. The van der Waals surface area contributed by atoms with Crippen molar-refractivity contribution < 1.29 is 27.1 Å². The van der Waals surface area contributed by atoms with Gasteiger partial charge in [-0.05, 0) is 66.2 Å². The minimum atomic E-state index is -4.15. The number of nitrogens with zero attached hydrogens (tertiary/aromatic N) is 2. The topological polar surface area (TPSA) is 85.3 Å². The van der Waals surface area contributed by atoms with Crippen LogP contribution in [0, 0.1) is 5.82 Å². The molecular weight excluding hydrogens is 479 g/mol. The minimum Gasteiger partial charge on any atom is -0.493 e. The first-order valence-electron chi connectivity index (χ1n) is 10.5. The van der Waals surface area contributed by atoms with Gasteiger partial charge in [0.1, 0.15) is 5.82 Å². The Labute approximate surface area is 203 Å². The van der Waals surface area contributed by atoms with Crippen LogP contribution >= 0.6 is 11.8 Å². The summed E-state index contributed by atoms with van der Waals surface area (Å²) in [4.78, 5) is 14.3. The first-order chi connectivity index (χ1) is 16.3. The zero-order chi connectivity index (χ0) is 24.7. The molecule has 0 bridgehead atoms. The van der Waals surface area contributed by atoms with E-state index in [0.717, 1.165) is 48.9 Å². The zero-order valence-electron chi connectivity index (χ0n) is 18.9. The number of carbonyl (C=O) groups is 1. The number of methoxy groups -OCH3 is 1. The highest BCUT2D eigenvalue weighted by Crippen LogP contribution is 2.35. The molecule has 0 aromatic heterocycles. The van der Waals surface area contributed by atoms with E-state index in [1.165, 1.54) is 18.1 Å². The largest absolute Gasteiger partial charge is 0.493 e. The highest BCUT2D eigenvalue weighted by molar-refractivity contribution is 8.19. The van der Waals surface area contributed by atoms with E-state index in [0.29, 0.717) is 23.7 Å². The maximum Gasteiger partial charge on any atom is 0.284 e. The van der Waals surface area contributed by atoms with Crippen molar-refractivity contribution in [3.8, 4) is 11.5 Å². The van der Waals surface area contributed by atoms with Crippen molar-refractivity contribution in [2.24, 2.45) is 4.40 Å². The molecule has 1 aliphatic heterocycles. The smallest absolute Gasteiger partial charge is 0.284 e. The summed E-state index contributed by atoms with van der Waals surface area (Å²) in [5.41, 5.74) is 0.678. The number of hydrogen-bond donors (Lipinski definition) is 0. The second-order valence-corrected chi connectivity index (χ2v) is 9.84. The molecule has 0 aliphatic carbocycles. The van der Waals surface area contributed by atoms with E-state index < -0.39 is 21.7 Å². The van der Waals surface area contributed by atoms with E-state index in [-0.39, 0.29) is 21.5 Å². The Morgan fingerprint density at radius 2 is 1.91 bits per heavy atom. The van der Waals surface area contributed by atoms with Crippen LogP contribution in [0.15, 0.2) is 69.3 Å². The lowest BCUT2D eigenvalue weighted by Gasteiger charge is -2.12. The van der Waals surface area contributed by atoms with Crippen molar-refractivity contribution in [1.29, 1.82) is 0 Å². The fourth-order valence-corrected chi connectivity index (χ4v) is 5.19. The molecule has 2 aromatic carbocycles. The van der Waals surface area contributed by atoms with E-state index in [1.54, 1.807) is 24.3 Å². The highest BCUT2D eigenvalue weighted by atomic mass is 32.2. The predicted molar refractivity (Wildman–Crippen MR) is 132 cm³/mol. The van der Waals surface area contributed by atoms with Gasteiger partial charge in [0.2, 0.25) is 0 Å². The summed E-state index contributed by atoms with van der Waals surface area (Å²) in [7, 11) is -2.62. The quantitative estimate of drug-likeness (QED) is 0.261. The van der Waals surface area contributed by atoms with Crippen LogP contribution in [0.4, 0.5) is 4.39 Å². The number of amides is 1. The van der Waals surface area contributed by atoms with Gasteiger partial charge in [-0.2, -0.15) is 8.42 Å². The van der Waals surface area contributed by atoms with Crippen LogP contribution in [0.5, 0.6) is 11.5 Å². The number of thioether (sulfide) groups is 1. The summed E-state index contributed by atoms with van der Waals surface area (Å²) < 4.78 is 53.6. The Morgan fingerprint density at radius 1 is 1.18 bits per heavy atom. The van der Waals surface area contributed by atoms with Crippen molar-refractivity contribution in [3.63, 3.8) is 0 Å². The number of rotatable bonds is 10. The molecule has 2 aromatic rings. The summed E-state index contributed by atoms with van der Waals surface area (Å²) in [6, 6.07) is 9.62. The third-order valence-corrected chi connectivity index (χ3v) is 7.15. The Balaban J connectivity index is 1.92. The van der Waals surface area contributed by atoms with Crippen LogP contribution in [0.1, 0.15) is 25.3 Å². The lowest BCUT2D eigenvalue weighted by Crippen LogP contribution is -2.29. The first kappa shape index (κ1) is 25.5. The van der Waals surface area contributed by atoms with Gasteiger partial charge >= 0.3 is 0 Å². The molecule has 1 amide bonds. The molecule has 0 N–H and O–H groups in total. The molecule has 1 fully saturated rings. The fourth-order valence-electron chi connectivity index (χ4n) is 3.00. The Hall–Kier alpha value is -3.11. The van der Waals surface area contributed by atoms with Gasteiger partial charge in [0, 0.05) is 6.54 Å². The van der Waals surface area contributed by atoms with Gasteiger partial charge in [-0.1, -0.05) is 25.5 Å². The van der Waals surface area contributed by atoms with Crippen molar-refractivity contribution in [2.75, 3.05) is 20.3 Å². The second kappa shape index (κ2) is 11.3. The first-order valence-corrected chi connectivity index (χ1v) is 12.8. The van der Waals surface area contributed by atoms with Gasteiger partial charge in [0.15, 0.2) is 16.7 Å². The molecule has 0 atom stereocenters. The summed E-state index contributed by atoms with van der Waals surface area (Å²) >= 11 is 0.935. The van der Waals surface area contributed by atoms with E-state index >= 15 is 0 Å².